The first-order valence-electron chi connectivity index (χ1n) is 7.80. The SMILES string of the molecule is CC(C)NC(=O)Cc1ccc(NCc2ccccc2[N+](=O)[O-])cc1. The van der Waals surface area contributed by atoms with Crippen molar-refractivity contribution in [3.63, 3.8) is 0 Å². The molecule has 0 heterocycles. The summed E-state index contributed by atoms with van der Waals surface area (Å²) in [7, 11) is 0. The minimum atomic E-state index is -0.381. The molecule has 0 unspecified atom stereocenters. The Hall–Kier alpha value is -2.89. The lowest BCUT2D eigenvalue weighted by atomic mass is 10.1. The highest BCUT2D eigenvalue weighted by Crippen LogP contribution is 2.19. The van der Waals surface area contributed by atoms with Crippen LogP contribution in [0.5, 0.6) is 0 Å². The van der Waals surface area contributed by atoms with Crippen molar-refractivity contribution in [3.05, 3.63) is 69.8 Å². The van der Waals surface area contributed by atoms with E-state index in [1.54, 1.807) is 18.2 Å². The van der Waals surface area contributed by atoms with Crippen LogP contribution in [0.15, 0.2) is 48.5 Å². The van der Waals surface area contributed by atoms with Gasteiger partial charge in [-0.25, -0.2) is 0 Å². The average Bonchev–Trinajstić information content (AvgIpc) is 2.53. The Labute approximate surface area is 141 Å². The molecule has 2 N–H and O–H groups in total. The van der Waals surface area contributed by atoms with Crippen molar-refractivity contribution in [2.24, 2.45) is 0 Å². The number of carbonyl (C=O) groups is 1. The third-order valence-corrected chi connectivity index (χ3v) is 3.44. The number of amides is 1. The minimum absolute atomic E-state index is 0.00869. The molecule has 6 heteroatoms. The van der Waals surface area contributed by atoms with Gasteiger partial charge in [0.05, 0.1) is 11.3 Å². The Morgan fingerprint density at radius 1 is 1.12 bits per heavy atom. The zero-order valence-corrected chi connectivity index (χ0v) is 13.8. The van der Waals surface area contributed by atoms with Crippen LogP contribution in [0.2, 0.25) is 0 Å². The number of benzene rings is 2. The molecule has 0 aromatic heterocycles. The number of hydrogen-bond donors (Lipinski definition) is 2. The molecule has 0 radical (unpaired) electrons. The van der Waals surface area contributed by atoms with Crippen LogP contribution in [0.1, 0.15) is 25.0 Å². The smallest absolute Gasteiger partial charge is 0.274 e. The second-order valence-corrected chi connectivity index (χ2v) is 5.84. The van der Waals surface area contributed by atoms with Crippen LogP contribution in [-0.4, -0.2) is 16.9 Å². The van der Waals surface area contributed by atoms with Gasteiger partial charge in [0.2, 0.25) is 5.91 Å². The number of carbonyl (C=O) groups excluding carboxylic acids is 1. The summed E-state index contributed by atoms with van der Waals surface area (Å²) in [6.07, 6.45) is 0.336. The van der Waals surface area contributed by atoms with E-state index in [0.29, 0.717) is 18.5 Å². The molecule has 0 bridgehead atoms. The van der Waals surface area contributed by atoms with Crippen LogP contribution in [-0.2, 0) is 17.8 Å². The average molecular weight is 327 g/mol. The van der Waals surface area contributed by atoms with Crippen molar-refractivity contribution >= 4 is 17.3 Å². The second-order valence-electron chi connectivity index (χ2n) is 5.84. The molecule has 0 aliphatic carbocycles. The van der Waals surface area contributed by atoms with Gasteiger partial charge in [-0.15, -0.1) is 0 Å². The summed E-state index contributed by atoms with van der Waals surface area (Å²) in [5.41, 5.74) is 2.50. The number of nitrogens with one attached hydrogen (secondary N) is 2. The summed E-state index contributed by atoms with van der Waals surface area (Å²) >= 11 is 0. The van der Waals surface area contributed by atoms with E-state index in [1.165, 1.54) is 6.07 Å². The number of nitro benzene ring substituents is 1. The molecule has 1 amide bonds. The molecular weight excluding hydrogens is 306 g/mol. The van der Waals surface area contributed by atoms with Gasteiger partial charge in [0.15, 0.2) is 0 Å². The fourth-order valence-electron chi connectivity index (χ4n) is 2.33. The van der Waals surface area contributed by atoms with Gasteiger partial charge >= 0.3 is 0 Å². The Morgan fingerprint density at radius 3 is 2.42 bits per heavy atom. The van der Waals surface area contributed by atoms with E-state index in [4.69, 9.17) is 0 Å². The van der Waals surface area contributed by atoms with Crippen LogP contribution in [0, 0.1) is 10.1 Å². The quantitative estimate of drug-likeness (QED) is 0.604. The van der Waals surface area contributed by atoms with E-state index in [0.717, 1.165) is 11.3 Å². The summed E-state index contributed by atoms with van der Waals surface area (Å²) in [5, 5.41) is 17.0. The molecule has 24 heavy (non-hydrogen) atoms. The van der Waals surface area contributed by atoms with Gasteiger partial charge in [0.1, 0.15) is 0 Å². The number of rotatable bonds is 7. The summed E-state index contributed by atoms with van der Waals surface area (Å²) in [4.78, 5) is 22.3. The van der Waals surface area contributed by atoms with Crippen molar-refractivity contribution in [1.29, 1.82) is 0 Å². The van der Waals surface area contributed by atoms with E-state index >= 15 is 0 Å². The highest BCUT2D eigenvalue weighted by Gasteiger charge is 2.11. The molecule has 0 aliphatic heterocycles. The van der Waals surface area contributed by atoms with Gasteiger partial charge in [0, 0.05) is 29.9 Å². The molecule has 6 nitrogen and oxygen atoms in total. The first-order valence-corrected chi connectivity index (χ1v) is 7.80. The van der Waals surface area contributed by atoms with Gasteiger partial charge in [-0.05, 0) is 31.5 Å². The molecule has 2 aromatic rings. The fourth-order valence-corrected chi connectivity index (χ4v) is 2.33. The van der Waals surface area contributed by atoms with E-state index in [2.05, 4.69) is 10.6 Å². The van der Waals surface area contributed by atoms with Crippen molar-refractivity contribution in [2.45, 2.75) is 32.9 Å². The van der Waals surface area contributed by atoms with Gasteiger partial charge < -0.3 is 10.6 Å². The minimum Gasteiger partial charge on any atom is -0.381 e. The Balaban J connectivity index is 1.95. The molecular formula is C18H21N3O3. The van der Waals surface area contributed by atoms with E-state index < -0.39 is 0 Å². The molecule has 0 spiro atoms. The number of nitro groups is 1. The lowest BCUT2D eigenvalue weighted by molar-refractivity contribution is -0.385. The normalized spacial score (nSPS) is 10.5. The van der Waals surface area contributed by atoms with E-state index in [1.807, 2.05) is 38.1 Å². The topological polar surface area (TPSA) is 84.3 Å². The predicted octanol–water partition coefficient (Wildman–Crippen LogP) is 3.27. The molecule has 0 saturated heterocycles. The fraction of sp³-hybridized carbons (Fsp3) is 0.278. The molecule has 2 rings (SSSR count). The van der Waals surface area contributed by atoms with Crippen molar-refractivity contribution in [3.8, 4) is 0 Å². The molecule has 0 aliphatic rings. The zero-order chi connectivity index (χ0) is 17.5. The molecule has 0 atom stereocenters. The van der Waals surface area contributed by atoms with Crippen molar-refractivity contribution in [1.82, 2.24) is 5.32 Å². The predicted molar refractivity (Wildman–Crippen MR) is 93.8 cm³/mol. The van der Waals surface area contributed by atoms with Crippen LogP contribution < -0.4 is 10.6 Å². The lowest BCUT2D eigenvalue weighted by Crippen LogP contribution is -2.31. The number of para-hydroxylation sites is 1. The molecule has 126 valence electrons. The van der Waals surface area contributed by atoms with Crippen molar-refractivity contribution in [2.75, 3.05) is 5.32 Å². The van der Waals surface area contributed by atoms with Gasteiger partial charge in [0.25, 0.3) is 5.69 Å². The standard InChI is InChI=1S/C18H21N3O3/c1-13(2)20-18(22)11-14-7-9-16(10-8-14)19-12-15-5-3-4-6-17(15)21(23)24/h3-10,13,19H,11-12H2,1-2H3,(H,20,22). The highest BCUT2D eigenvalue weighted by atomic mass is 16.6. The summed E-state index contributed by atoms with van der Waals surface area (Å²) in [6.45, 7) is 4.21. The van der Waals surface area contributed by atoms with E-state index in [-0.39, 0.29) is 22.6 Å². The summed E-state index contributed by atoms with van der Waals surface area (Å²) in [6, 6.07) is 14.3. The largest absolute Gasteiger partial charge is 0.381 e. The maximum Gasteiger partial charge on any atom is 0.274 e. The van der Waals surface area contributed by atoms with Crippen LogP contribution in [0.25, 0.3) is 0 Å². The Bertz CT molecular complexity index is 712. The van der Waals surface area contributed by atoms with Crippen molar-refractivity contribution < 1.29 is 9.72 Å². The summed E-state index contributed by atoms with van der Waals surface area (Å²) < 4.78 is 0. The Kier molecular flexibility index (Phi) is 5.89. The third-order valence-electron chi connectivity index (χ3n) is 3.44. The van der Waals surface area contributed by atoms with Gasteiger partial charge in [-0.3, -0.25) is 14.9 Å². The zero-order valence-electron chi connectivity index (χ0n) is 13.8. The number of nitrogens with zero attached hydrogens (tertiary/aromatic N) is 1. The third kappa shape index (κ3) is 5.08. The first kappa shape index (κ1) is 17.5. The van der Waals surface area contributed by atoms with Crippen LogP contribution in [0.4, 0.5) is 11.4 Å². The monoisotopic (exact) mass is 327 g/mol. The van der Waals surface area contributed by atoms with Crippen LogP contribution >= 0.6 is 0 Å². The molecule has 0 fully saturated rings. The maximum atomic E-state index is 11.7. The number of anilines is 1. The second kappa shape index (κ2) is 8.10. The van der Waals surface area contributed by atoms with Gasteiger partial charge in [-0.1, -0.05) is 30.3 Å². The lowest BCUT2D eigenvalue weighted by Gasteiger charge is -2.10. The Morgan fingerprint density at radius 2 is 1.79 bits per heavy atom. The van der Waals surface area contributed by atoms with Gasteiger partial charge in [-0.2, -0.15) is 0 Å². The highest BCUT2D eigenvalue weighted by molar-refractivity contribution is 5.78. The maximum absolute atomic E-state index is 11.7. The summed E-state index contributed by atoms with van der Waals surface area (Å²) in [5.74, 6) is -0.00869. The van der Waals surface area contributed by atoms with Crippen LogP contribution in [0.3, 0.4) is 0 Å². The van der Waals surface area contributed by atoms with E-state index in [9.17, 15) is 14.9 Å². The first-order chi connectivity index (χ1) is 11.5. The molecule has 2 aromatic carbocycles. The number of hydrogen-bond acceptors (Lipinski definition) is 4. The molecule has 0 saturated carbocycles.